The normalized spacial score (nSPS) is 22.9. The van der Waals surface area contributed by atoms with E-state index in [1.807, 2.05) is 12.1 Å². The average molecular weight is 470 g/mol. The predicted molar refractivity (Wildman–Crippen MR) is 126 cm³/mol. The van der Waals surface area contributed by atoms with Crippen LogP contribution in [-0.2, 0) is 27.3 Å². The van der Waals surface area contributed by atoms with Gasteiger partial charge in [0, 0.05) is 42.3 Å². The van der Waals surface area contributed by atoms with Gasteiger partial charge in [-0.2, -0.15) is 0 Å². The van der Waals surface area contributed by atoms with Crippen molar-refractivity contribution >= 4 is 23.2 Å². The first-order chi connectivity index (χ1) is 16.1. The second-order valence-electron chi connectivity index (χ2n) is 9.07. The first-order valence-electron chi connectivity index (χ1n) is 12.1. The molecule has 1 aromatic heterocycles. The number of likely N-dealkylation sites (tertiary alicyclic amines) is 1. The molecule has 0 unspecified atom stereocenters. The number of aromatic nitrogens is 1. The Hall–Kier alpha value is -2.45. The Kier molecular flexibility index (Phi) is 6.64. The maximum atomic E-state index is 12.3. The molecule has 8 heteroatoms. The molecule has 0 radical (unpaired) electrons. The molecule has 5 rings (SSSR count). The molecular formula is C25H31N3O4S. The zero-order chi connectivity index (χ0) is 22.8. The number of amides is 1. The van der Waals surface area contributed by atoms with Crippen molar-refractivity contribution in [3.05, 3.63) is 34.8 Å². The standard InChI is InChI=1S/C25H31N3O4S/c1-2-31-25(30)24(29)28-13-10-21-22(16-28)33-23(26-21)17-6-8-19(9-7-17)32-20-14-18(15-20)27-11-4-3-5-12-27/h6-9,18,20H,2-5,10-16H2,1H3. The van der Waals surface area contributed by atoms with E-state index in [4.69, 9.17) is 14.5 Å². The molecule has 1 aromatic carbocycles. The second kappa shape index (κ2) is 9.81. The summed E-state index contributed by atoms with van der Waals surface area (Å²) in [5.74, 6) is -0.444. The van der Waals surface area contributed by atoms with E-state index in [2.05, 4.69) is 17.0 Å². The number of hydrogen-bond donors (Lipinski definition) is 0. The Morgan fingerprint density at radius 1 is 1.09 bits per heavy atom. The minimum atomic E-state index is -0.782. The molecule has 0 N–H and O–H groups in total. The molecule has 3 aliphatic rings. The molecule has 0 bridgehead atoms. The molecule has 7 nitrogen and oxygen atoms in total. The molecule has 0 spiro atoms. The van der Waals surface area contributed by atoms with Gasteiger partial charge in [-0.05, 0) is 57.1 Å². The molecule has 3 heterocycles. The van der Waals surface area contributed by atoms with Crippen molar-refractivity contribution in [1.29, 1.82) is 0 Å². The van der Waals surface area contributed by atoms with Gasteiger partial charge in [-0.15, -0.1) is 11.3 Å². The van der Waals surface area contributed by atoms with Crippen LogP contribution in [-0.4, -0.2) is 65.0 Å². The number of piperidine rings is 1. The third-order valence-electron chi connectivity index (χ3n) is 6.85. The number of carbonyl (C=O) groups excluding carboxylic acids is 2. The van der Waals surface area contributed by atoms with Gasteiger partial charge < -0.3 is 19.3 Å². The number of thiazole rings is 1. The summed E-state index contributed by atoms with van der Waals surface area (Å²) < 4.78 is 11.0. The number of nitrogens with zero attached hydrogens (tertiary/aromatic N) is 3. The number of esters is 1. The van der Waals surface area contributed by atoms with Crippen LogP contribution in [0.2, 0.25) is 0 Å². The molecule has 1 amide bonds. The van der Waals surface area contributed by atoms with E-state index in [0.717, 1.165) is 39.7 Å². The van der Waals surface area contributed by atoms with E-state index in [1.54, 1.807) is 23.2 Å². The van der Waals surface area contributed by atoms with Crippen LogP contribution < -0.4 is 4.74 Å². The van der Waals surface area contributed by atoms with Gasteiger partial charge in [0.2, 0.25) is 0 Å². The lowest BCUT2D eigenvalue weighted by atomic mass is 9.86. The average Bonchev–Trinajstić information content (AvgIpc) is 3.25. The lowest BCUT2D eigenvalue weighted by Gasteiger charge is -2.44. The minimum Gasteiger partial charge on any atom is -0.490 e. The van der Waals surface area contributed by atoms with Crippen molar-refractivity contribution in [2.45, 2.75) is 64.1 Å². The van der Waals surface area contributed by atoms with Gasteiger partial charge in [0.25, 0.3) is 0 Å². The Bertz CT molecular complexity index is 994. The van der Waals surface area contributed by atoms with Crippen LogP contribution in [0.25, 0.3) is 10.6 Å². The van der Waals surface area contributed by atoms with E-state index < -0.39 is 11.9 Å². The van der Waals surface area contributed by atoms with Gasteiger partial charge in [-0.1, -0.05) is 6.42 Å². The summed E-state index contributed by atoms with van der Waals surface area (Å²) in [5.41, 5.74) is 2.06. The fourth-order valence-corrected chi connectivity index (χ4v) is 6.03. The van der Waals surface area contributed by atoms with Gasteiger partial charge >= 0.3 is 11.9 Å². The van der Waals surface area contributed by atoms with Crippen LogP contribution in [0.15, 0.2) is 24.3 Å². The summed E-state index contributed by atoms with van der Waals surface area (Å²) in [4.78, 5) is 34.0. The van der Waals surface area contributed by atoms with E-state index in [-0.39, 0.29) is 6.61 Å². The second-order valence-corrected chi connectivity index (χ2v) is 10.2. The van der Waals surface area contributed by atoms with Crippen molar-refractivity contribution in [1.82, 2.24) is 14.8 Å². The zero-order valence-corrected chi connectivity index (χ0v) is 19.9. The van der Waals surface area contributed by atoms with E-state index in [9.17, 15) is 9.59 Å². The molecule has 2 fully saturated rings. The smallest absolute Gasteiger partial charge is 0.397 e. The van der Waals surface area contributed by atoms with Crippen molar-refractivity contribution in [2.75, 3.05) is 26.2 Å². The summed E-state index contributed by atoms with van der Waals surface area (Å²) in [6.45, 7) is 5.29. The summed E-state index contributed by atoms with van der Waals surface area (Å²) >= 11 is 1.58. The summed E-state index contributed by atoms with van der Waals surface area (Å²) in [6.07, 6.45) is 7.27. The fraction of sp³-hybridized carbons (Fsp3) is 0.560. The molecule has 1 saturated carbocycles. The monoisotopic (exact) mass is 469 g/mol. The van der Waals surface area contributed by atoms with Crippen molar-refractivity contribution in [3.63, 3.8) is 0 Å². The molecular weight excluding hydrogens is 438 g/mol. The van der Waals surface area contributed by atoms with E-state index >= 15 is 0 Å². The highest BCUT2D eigenvalue weighted by Crippen LogP contribution is 2.34. The summed E-state index contributed by atoms with van der Waals surface area (Å²) in [6, 6.07) is 8.87. The van der Waals surface area contributed by atoms with Crippen molar-refractivity contribution in [3.8, 4) is 16.3 Å². The first-order valence-corrected chi connectivity index (χ1v) is 12.9. The zero-order valence-electron chi connectivity index (χ0n) is 19.1. The number of rotatable bonds is 5. The van der Waals surface area contributed by atoms with Crippen molar-refractivity contribution in [2.24, 2.45) is 0 Å². The molecule has 33 heavy (non-hydrogen) atoms. The van der Waals surface area contributed by atoms with Crippen LogP contribution in [0.3, 0.4) is 0 Å². The largest absolute Gasteiger partial charge is 0.490 e. The molecule has 0 atom stereocenters. The third kappa shape index (κ3) is 4.92. The van der Waals surface area contributed by atoms with Gasteiger partial charge in [0.05, 0.1) is 18.8 Å². The van der Waals surface area contributed by atoms with Crippen LogP contribution in [0, 0.1) is 0 Å². The predicted octanol–water partition coefficient (Wildman–Crippen LogP) is 3.65. The van der Waals surface area contributed by atoms with Crippen molar-refractivity contribution < 1.29 is 19.1 Å². The minimum absolute atomic E-state index is 0.202. The molecule has 1 saturated heterocycles. The topological polar surface area (TPSA) is 72.0 Å². The molecule has 176 valence electrons. The highest BCUT2D eigenvalue weighted by atomic mass is 32.1. The number of carbonyl (C=O) groups is 2. The van der Waals surface area contributed by atoms with Gasteiger partial charge in [-0.25, -0.2) is 9.78 Å². The quantitative estimate of drug-likeness (QED) is 0.492. The Labute approximate surface area is 198 Å². The van der Waals surface area contributed by atoms with Crippen LogP contribution in [0.5, 0.6) is 5.75 Å². The molecule has 1 aliphatic carbocycles. The van der Waals surface area contributed by atoms with Crippen LogP contribution in [0.4, 0.5) is 0 Å². The molecule has 2 aliphatic heterocycles. The van der Waals surface area contributed by atoms with Gasteiger partial charge in [0.1, 0.15) is 16.9 Å². The van der Waals surface area contributed by atoms with Gasteiger partial charge in [-0.3, -0.25) is 4.79 Å². The van der Waals surface area contributed by atoms with E-state index in [0.29, 0.717) is 31.7 Å². The Morgan fingerprint density at radius 3 is 2.58 bits per heavy atom. The Morgan fingerprint density at radius 2 is 1.85 bits per heavy atom. The number of ether oxygens (including phenoxy) is 2. The number of benzene rings is 1. The van der Waals surface area contributed by atoms with Crippen LogP contribution in [0.1, 0.15) is 49.6 Å². The summed E-state index contributed by atoms with van der Waals surface area (Å²) in [5, 5.41) is 0.936. The number of fused-ring (bicyclic) bond motifs is 1. The lowest BCUT2D eigenvalue weighted by Crippen LogP contribution is -2.50. The van der Waals surface area contributed by atoms with Gasteiger partial charge in [0.15, 0.2) is 0 Å². The fourth-order valence-electron chi connectivity index (χ4n) is 4.90. The summed E-state index contributed by atoms with van der Waals surface area (Å²) in [7, 11) is 0. The molecule has 2 aromatic rings. The first kappa shape index (κ1) is 22.3. The SMILES string of the molecule is CCOC(=O)C(=O)N1CCc2nc(-c3ccc(OC4CC(N5CCCCC5)C4)cc3)sc2C1. The lowest BCUT2D eigenvalue weighted by molar-refractivity contribution is -0.160. The highest BCUT2D eigenvalue weighted by molar-refractivity contribution is 7.15. The highest BCUT2D eigenvalue weighted by Gasteiger charge is 2.35. The number of hydrogen-bond acceptors (Lipinski definition) is 7. The maximum absolute atomic E-state index is 12.3. The van der Waals surface area contributed by atoms with E-state index in [1.165, 1.54) is 32.4 Å². The maximum Gasteiger partial charge on any atom is 0.397 e. The third-order valence-corrected chi connectivity index (χ3v) is 7.98. The Balaban J connectivity index is 1.16. The van der Waals surface area contributed by atoms with Crippen LogP contribution >= 0.6 is 11.3 Å².